The molecule has 0 unspecified atom stereocenters. The number of carbonyl (C=O) groups excluding carboxylic acids is 1. The highest BCUT2D eigenvalue weighted by Crippen LogP contribution is 2.38. The van der Waals surface area contributed by atoms with Gasteiger partial charge in [0, 0.05) is 31.1 Å². The Morgan fingerprint density at radius 2 is 1.41 bits per heavy atom. The molecule has 294 valence electrons. The van der Waals surface area contributed by atoms with E-state index in [9.17, 15) is 23.4 Å². The molecule has 4 N–H and O–H groups in total. The Kier molecular flexibility index (Phi) is 13.8. The van der Waals surface area contributed by atoms with Crippen LogP contribution in [-0.2, 0) is 43.9 Å². The van der Waals surface area contributed by atoms with Crippen LogP contribution in [0.15, 0.2) is 138 Å². The first kappa shape index (κ1) is 40.9. The maximum Gasteiger partial charge on any atom is 0.241 e. The van der Waals surface area contributed by atoms with Gasteiger partial charge in [-0.15, -0.1) is 0 Å². The summed E-state index contributed by atoms with van der Waals surface area (Å²) in [6, 6.07) is 39.5. The highest BCUT2D eigenvalue weighted by atomic mass is 32.2. The minimum atomic E-state index is -3.97. The van der Waals surface area contributed by atoms with Crippen LogP contribution in [0, 0.1) is 6.92 Å². The number of sulfonamides is 1. The van der Waals surface area contributed by atoms with Crippen molar-refractivity contribution in [2.45, 2.75) is 81.4 Å². The molecule has 0 saturated carbocycles. The lowest BCUT2D eigenvalue weighted by Crippen LogP contribution is -2.47. The fourth-order valence-electron chi connectivity index (χ4n) is 6.81. The van der Waals surface area contributed by atoms with Gasteiger partial charge in [0.1, 0.15) is 6.04 Å². The summed E-state index contributed by atoms with van der Waals surface area (Å²) in [7, 11) is -1.99. The standard InChI is InChI=1S/C45H51N3O7S/c1-31-14-24-40(25-15-31)56(52,53)47-41(26-33-10-6-4-7-11-33)44(51)46-28-34-16-22-38(23-17-34)45-54-39(27-42(55-45)36-20-18-35(30-49)19-21-36)29-48(3)32(2)43(50)37-12-8-5-9-13-37/h4-25,32,39,41-43,45,47,49-50H,26-30H2,1-3H3,(H,46,51)/t32-,39-,41+,42+,43-,45+/m0/s1. The monoisotopic (exact) mass is 777 g/mol. The van der Waals surface area contributed by atoms with Crippen LogP contribution in [0.1, 0.15) is 70.8 Å². The van der Waals surface area contributed by atoms with Crippen molar-refractivity contribution in [1.82, 2.24) is 14.9 Å². The Morgan fingerprint density at radius 3 is 2.05 bits per heavy atom. The van der Waals surface area contributed by atoms with Gasteiger partial charge in [0.2, 0.25) is 15.9 Å². The molecule has 1 heterocycles. The van der Waals surface area contributed by atoms with Crippen LogP contribution < -0.4 is 10.0 Å². The van der Waals surface area contributed by atoms with Gasteiger partial charge in [-0.05, 0) is 67.3 Å². The van der Waals surface area contributed by atoms with E-state index >= 15 is 0 Å². The number of nitrogens with zero attached hydrogens (tertiary/aromatic N) is 1. The van der Waals surface area contributed by atoms with Crippen LogP contribution >= 0.6 is 0 Å². The molecule has 10 nitrogen and oxygen atoms in total. The van der Waals surface area contributed by atoms with Gasteiger partial charge in [0.15, 0.2) is 6.29 Å². The second-order valence-corrected chi connectivity index (χ2v) is 16.2. The van der Waals surface area contributed by atoms with Gasteiger partial charge in [-0.3, -0.25) is 9.69 Å². The summed E-state index contributed by atoms with van der Waals surface area (Å²) in [4.78, 5) is 15.8. The number of hydrogen-bond acceptors (Lipinski definition) is 8. The van der Waals surface area contributed by atoms with Gasteiger partial charge in [-0.2, -0.15) is 4.72 Å². The summed E-state index contributed by atoms with van der Waals surface area (Å²) < 4.78 is 42.4. The predicted molar refractivity (Wildman–Crippen MR) is 216 cm³/mol. The molecular formula is C45H51N3O7S. The molecule has 5 aromatic rings. The molecular weight excluding hydrogens is 727 g/mol. The molecule has 0 spiro atoms. The van der Waals surface area contributed by atoms with E-state index < -0.39 is 34.4 Å². The van der Waals surface area contributed by atoms with Gasteiger partial charge in [0.05, 0.1) is 29.8 Å². The summed E-state index contributed by atoms with van der Waals surface area (Å²) in [5.41, 5.74) is 6.01. The van der Waals surface area contributed by atoms with Gasteiger partial charge < -0.3 is 25.0 Å². The molecule has 6 atom stereocenters. The fourth-order valence-corrected chi connectivity index (χ4v) is 8.00. The van der Waals surface area contributed by atoms with Crippen LogP contribution in [0.5, 0.6) is 0 Å². The van der Waals surface area contributed by atoms with Gasteiger partial charge >= 0.3 is 0 Å². The Balaban J connectivity index is 1.14. The topological polar surface area (TPSA) is 137 Å². The van der Waals surface area contributed by atoms with Crippen molar-refractivity contribution in [1.29, 1.82) is 0 Å². The molecule has 0 bridgehead atoms. The van der Waals surface area contributed by atoms with Gasteiger partial charge in [-0.25, -0.2) is 8.42 Å². The van der Waals surface area contributed by atoms with Crippen LogP contribution in [-0.4, -0.2) is 61.2 Å². The van der Waals surface area contributed by atoms with E-state index in [4.69, 9.17) is 9.47 Å². The number of aryl methyl sites for hydroxylation is 1. The minimum Gasteiger partial charge on any atom is -0.392 e. The highest BCUT2D eigenvalue weighted by molar-refractivity contribution is 7.89. The van der Waals surface area contributed by atoms with Crippen molar-refractivity contribution in [3.05, 3.63) is 172 Å². The maximum absolute atomic E-state index is 13.6. The molecule has 0 radical (unpaired) electrons. The van der Waals surface area contributed by atoms with E-state index in [0.29, 0.717) is 13.0 Å². The van der Waals surface area contributed by atoms with Crippen molar-refractivity contribution >= 4 is 15.9 Å². The first-order valence-corrected chi connectivity index (χ1v) is 20.4. The van der Waals surface area contributed by atoms with Crippen molar-refractivity contribution in [3.63, 3.8) is 0 Å². The zero-order valence-corrected chi connectivity index (χ0v) is 32.8. The summed E-state index contributed by atoms with van der Waals surface area (Å²) in [5, 5.41) is 23.6. The second kappa shape index (κ2) is 18.9. The van der Waals surface area contributed by atoms with E-state index in [2.05, 4.69) is 14.9 Å². The quantitative estimate of drug-likeness (QED) is 0.0918. The average Bonchev–Trinajstić information content (AvgIpc) is 3.23. The number of rotatable bonds is 16. The second-order valence-electron chi connectivity index (χ2n) is 14.5. The first-order valence-electron chi connectivity index (χ1n) is 18.9. The number of likely N-dealkylation sites (N-methyl/N-ethyl adjacent to an activating group) is 1. The van der Waals surface area contributed by atoms with Crippen molar-refractivity contribution in [2.24, 2.45) is 0 Å². The van der Waals surface area contributed by atoms with E-state index in [1.165, 1.54) is 12.1 Å². The Bertz CT molecular complexity index is 2100. The predicted octanol–water partition coefficient (Wildman–Crippen LogP) is 6.29. The van der Waals surface area contributed by atoms with Crippen molar-refractivity contribution < 1.29 is 32.9 Å². The van der Waals surface area contributed by atoms with Crippen LogP contribution in [0.2, 0.25) is 0 Å². The first-order chi connectivity index (χ1) is 27.0. The largest absolute Gasteiger partial charge is 0.392 e. The summed E-state index contributed by atoms with van der Waals surface area (Å²) >= 11 is 0. The smallest absolute Gasteiger partial charge is 0.241 e. The number of benzene rings is 5. The highest BCUT2D eigenvalue weighted by Gasteiger charge is 2.34. The molecule has 1 aliphatic rings. The van der Waals surface area contributed by atoms with Crippen LogP contribution in [0.4, 0.5) is 0 Å². The molecule has 11 heteroatoms. The molecule has 6 rings (SSSR count). The molecule has 5 aromatic carbocycles. The van der Waals surface area contributed by atoms with E-state index in [-0.39, 0.29) is 42.7 Å². The van der Waals surface area contributed by atoms with Crippen molar-refractivity contribution in [3.8, 4) is 0 Å². The number of nitrogens with one attached hydrogen (secondary N) is 2. The summed E-state index contributed by atoms with van der Waals surface area (Å²) in [6.45, 7) is 4.57. The third-order valence-electron chi connectivity index (χ3n) is 10.3. The Morgan fingerprint density at radius 1 is 0.804 bits per heavy atom. The molecule has 1 saturated heterocycles. The molecule has 0 aliphatic carbocycles. The molecule has 56 heavy (non-hydrogen) atoms. The lowest BCUT2D eigenvalue weighted by atomic mass is 9.98. The van der Waals surface area contributed by atoms with Crippen LogP contribution in [0.3, 0.4) is 0 Å². The third kappa shape index (κ3) is 10.8. The van der Waals surface area contributed by atoms with E-state index in [0.717, 1.165) is 38.9 Å². The number of carbonyl (C=O) groups is 1. The normalized spacial score (nSPS) is 18.9. The zero-order valence-electron chi connectivity index (χ0n) is 32.0. The fraction of sp³-hybridized carbons (Fsp3) is 0.311. The average molecular weight is 778 g/mol. The van der Waals surface area contributed by atoms with E-state index in [1.54, 1.807) is 12.1 Å². The van der Waals surface area contributed by atoms with Gasteiger partial charge in [0.25, 0.3) is 0 Å². The summed E-state index contributed by atoms with van der Waals surface area (Å²) in [5.74, 6) is -0.443. The lowest BCUT2D eigenvalue weighted by molar-refractivity contribution is -0.253. The molecule has 1 aliphatic heterocycles. The number of amides is 1. The van der Waals surface area contributed by atoms with E-state index in [1.807, 2.05) is 130 Å². The van der Waals surface area contributed by atoms with Crippen LogP contribution in [0.25, 0.3) is 0 Å². The molecule has 1 fully saturated rings. The van der Waals surface area contributed by atoms with Gasteiger partial charge in [-0.1, -0.05) is 127 Å². The third-order valence-corrected chi connectivity index (χ3v) is 11.8. The number of hydrogen-bond donors (Lipinski definition) is 4. The zero-order chi connectivity index (χ0) is 39.7. The Labute approximate surface area is 330 Å². The lowest BCUT2D eigenvalue weighted by Gasteiger charge is -2.39. The molecule has 0 aromatic heterocycles. The molecule has 1 amide bonds. The Hall–Kier alpha value is -4.72. The maximum atomic E-state index is 13.6. The summed E-state index contributed by atoms with van der Waals surface area (Å²) in [6.07, 6.45) is -1.09. The number of ether oxygens (including phenoxy) is 2. The SMILES string of the molecule is Cc1ccc(S(=O)(=O)N[C@H](Cc2ccccc2)C(=O)NCc2ccc([C@@H]3O[C@H](CN(C)[C@@H](C)[C@H](O)c4ccccc4)C[C@H](c4ccc(CO)cc4)O3)cc2)cc1. The van der Waals surface area contributed by atoms with Crippen molar-refractivity contribution in [2.75, 3.05) is 13.6 Å². The minimum absolute atomic E-state index is 0.0455. The number of aliphatic hydroxyl groups excluding tert-OH is 2. The number of aliphatic hydroxyl groups is 2.